The molecule has 3 heteroatoms. The molecule has 0 aromatic heterocycles. The molecule has 2 atom stereocenters. The maximum atomic E-state index is 9.12. The molecule has 0 aromatic carbocycles. The second-order valence-electron chi connectivity index (χ2n) is 3.71. The Kier molecular flexibility index (Phi) is 3.32. The van der Waals surface area contributed by atoms with Crippen molar-refractivity contribution in [3.05, 3.63) is 0 Å². The van der Waals surface area contributed by atoms with Gasteiger partial charge in [-0.15, -0.1) is 6.42 Å². The van der Waals surface area contributed by atoms with Crippen LogP contribution in [0.15, 0.2) is 0 Å². The molecule has 13 heavy (non-hydrogen) atoms. The first-order valence-electron chi connectivity index (χ1n) is 4.49. The summed E-state index contributed by atoms with van der Waals surface area (Å²) in [5.74, 6) is 1.79. The standard InChI is InChI=1S/C10H16O3/c1-4-8(11)5-6-9-7-12-10(2,3)13-9/h1,8-9,11H,5-7H2,2-3H3/t8-,9+/m1/s1. The Bertz CT molecular complexity index is 205. The predicted octanol–water partition coefficient (Wildman–Crippen LogP) is 0.912. The van der Waals surface area contributed by atoms with Crippen LogP contribution in [0.3, 0.4) is 0 Å². The fourth-order valence-electron chi connectivity index (χ4n) is 1.33. The third-order valence-electron chi connectivity index (χ3n) is 2.02. The summed E-state index contributed by atoms with van der Waals surface area (Å²) in [6.07, 6.45) is 5.76. The number of terminal acetylenes is 1. The van der Waals surface area contributed by atoms with Gasteiger partial charge < -0.3 is 14.6 Å². The van der Waals surface area contributed by atoms with Crippen molar-refractivity contribution in [2.45, 2.75) is 44.7 Å². The van der Waals surface area contributed by atoms with Gasteiger partial charge in [0.25, 0.3) is 0 Å². The average molecular weight is 184 g/mol. The first-order valence-corrected chi connectivity index (χ1v) is 4.49. The second kappa shape index (κ2) is 4.10. The Morgan fingerprint density at radius 3 is 2.85 bits per heavy atom. The van der Waals surface area contributed by atoms with Crippen LogP contribution in [-0.2, 0) is 9.47 Å². The van der Waals surface area contributed by atoms with Gasteiger partial charge in [-0.1, -0.05) is 5.92 Å². The number of aliphatic hydroxyl groups is 1. The van der Waals surface area contributed by atoms with E-state index >= 15 is 0 Å². The van der Waals surface area contributed by atoms with Crippen molar-refractivity contribution in [2.24, 2.45) is 0 Å². The smallest absolute Gasteiger partial charge is 0.163 e. The van der Waals surface area contributed by atoms with E-state index in [-0.39, 0.29) is 6.10 Å². The van der Waals surface area contributed by atoms with Crippen LogP contribution < -0.4 is 0 Å². The van der Waals surface area contributed by atoms with Crippen molar-refractivity contribution >= 4 is 0 Å². The van der Waals surface area contributed by atoms with Gasteiger partial charge in [0.05, 0.1) is 12.7 Å². The number of rotatable bonds is 3. The minimum Gasteiger partial charge on any atom is -0.380 e. The number of aliphatic hydroxyl groups excluding tert-OH is 1. The molecule has 1 fully saturated rings. The lowest BCUT2D eigenvalue weighted by atomic mass is 10.1. The molecule has 0 aromatic rings. The molecule has 3 nitrogen and oxygen atoms in total. The summed E-state index contributed by atoms with van der Waals surface area (Å²) in [5, 5.41) is 9.12. The molecular formula is C10H16O3. The third-order valence-corrected chi connectivity index (χ3v) is 2.02. The summed E-state index contributed by atoms with van der Waals surface area (Å²) in [4.78, 5) is 0. The van der Waals surface area contributed by atoms with Gasteiger partial charge in [0.1, 0.15) is 6.10 Å². The monoisotopic (exact) mass is 184 g/mol. The molecule has 1 saturated heterocycles. The van der Waals surface area contributed by atoms with E-state index in [1.807, 2.05) is 13.8 Å². The third kappa shape index (κ3) is 3.35. The first kappa shape index (κ1) is 10.5. The lowest BCUT2D eigenvalue weighted by molar-refractivity contribution is -0.139. The molecule has 0 amide bonds. The van der Waals surface area contributed by atoms with Crippen molar-refractivity contribution in [3.63, 3.8) is 0 Å². The van der Waals surface area contributed by atoms with Crippen LogP contribution in [0.25, 0.3) is 0 Å². The highest BCUT2D eigenvalue weighted by atomic mass is 16.7. The van der Waals surface area contributed by atoms with Gasteiger partial charge in [-0.05, 0) is 26.7 Å². The Morgan fingerprint density at radius 2 is 2.38 bits per heavy atom. The van der Waals surface area contributed by atoms with E-state index in [4.69, 9.17) is 21.0 Å². The van der Waals surface area contributed by atoms with Crippen molar-refractivity contribution in [3.8, 4) is 12.3 Å². The van der Waals surface area contributed by atoms with Gasteiger partial charge in [-0.2, -0.15) is 0 Å². The predicted molar refractivity (Wildman–Crippen MR) is 49.0 cm³/mol. The average Bonchev–Trinajstić information content (AvgIpc) is 2.41. The van der Waals surface area contributed by atoms with Crippen LogP contribution in [0, 0.1) is 12.3 Å². The van der Waals surface area contributed by atoms with Crippen LogP contribution in [0.5, 0.6) is 0 Å². The largest absolute Gasteiger partial charge is 0.380 e. The molecule has 0 unspecified atom stereocenters. The van der Waals surface area contributed by atoms with Gasteiger partial charge in [0.15, 0.2) is 5.79 Å². The van der Waals surface area contributed by atoms with E-state index in [1.165, 1.54) is 0 Å². The van der Waals surface area contributed by atoms with Crippen LogP contribution in [0.2, 0.25) is 0 Å². The maximum Gasteiger partial charge on any atom is 0.163 e. The van der Waals surface area contributed by atoms with E-state index in [0.717, 1.165) is 6.42 Å². The lowest BCUT2D eigenvalue weighted by Crippen LogP contribution is -2.22. The number of hydrogen-bond donors (Lipinski definition) is 1. The maximum absolute atomic E-state index is 9.12. The normalized spacial score (nSPS) is 28.3. The van der Waals surface area contributed by atoms with Crippen molar-refractivity contribution in [1.82, 2.24) is 0 Å². The summed E-state index contributed by atoms with van der Waals surface area (Å²) in [6, 6.07) is 0. The zero-order chi connectivity index (χ0) is 9.90. The second-order valence-corrected chi connectivity index (χ2v) is 3.71. The van der Waals surface area contributed by atoms with E-state index in [2.05, 4.69) is 5.92 Å². The molecule has 1 aliphatic heterocycles. The van der Waals surface area contributed by atoms with Crippen LogP contribution in [0.4, 0.5) is 0 Å². The van der Waals surface area contributed by atoms with Crippen molar-refractivity contribution in [2.75, 3.05) is 6.61 Å². The van der Waals surface area contributed by atoms with Crippen LogP contribution in [0.1, 0.15) is 26.7 Å². The highest BCUT2D eigenvalue weighted by Gasteiger charge is 2.32. The molecule has 0 bridgehead atoms. The topological polar surface area (TPSA) is 38.7 Å². The molecule has 1 N–H and O–H groups in total. The number of hydrogen-bond acceptors (Lipinski definition) is 3. The van der Waals surface area contributed by atoms with E-state index in [1.54, 1.807) is 0 Å². The summed E-state index contributed by atoms with van der Waals surface area (Å²) < 4.78 is 10.9. The Hall–Kier alpha value is -0.560. The Labute approximate surface area is 79.0 Å². The highest BCUT2D eigenvalue weighted by Crippen LogP contribution is 2.24. The molecular weight excluding hydrogens is 168 g/mol. The van der Waals surface area contributed by atoms with Crippen LogP contribution >= 0.6 is 0 Å². The summed E-state index contributed by atoms with van der Waals surface area (Å²) in [7, 11) is 0. The van der Waals surface area contributed by atoms with Gasteiger partial charge >= 0.3 is 0 Å². The fourth-order valence-corrected chi connectivity index (χ4v) is 1.33. The molecule has 74 valence electrons. The minimum atomic E-state index is -0.660. The van der Waals surface area contributed by atoms with Crippen LogP contribution in [-0.4, -0.2) is 29.7 Å². The zero-order valence-electron chi connectivity index (χ0n) is 8.12. The summed E-state index contributed by atoms with van der Waals surface area (Å²) >= 11 is 0. The number of ether oxygens (including phenoxy) is 2. The first-order chi connectivity index (χ1) is 6.03. The van der Waals surface area contributed by atoms with Crippen molar-refractivity contribution < 1.29 is 14.6 Å². The lowest BCUT2D eigenvalue weighted by Gasteiger charge is -2.17. The molecule has 0 radical (unpaired) electrons. The minimum absolute atomic E-state index is 0.0676. The molecule has 0 aliphatic carbocycles. The summed E-state index contributed by atoms with van der Waals surface area (Å²) in [5.41, 5.74) is 0. The molecule has 1 rings (SSSR count). The van der Waals surface area contributed by atoms with Gasteiger partial charge in [0.2, 0.25) is 0 Å². The highest BCUT2D eigenvalue weighted by molar-refractivity contribution is 4.93. The quantitative estimate of drug-likeness (QED) is 0.663. The van der Waals surface area contributed by atoms with E-state index in [9.17, 15) is 0 Å². The van der Waals surface area contributed by atoms with Gasteiger partial charge in [-0.25, -0.2) is 0 Å². The SMILES string of the molecule is C#C[C@@H](O)CC[C@H]1COC(C)(C)O1. The van der Waals surface area contributed by atoms with Gasteiger partial charge in [-0.3, -0.25) is 0 Å². The Morgan fingerprint density at radius 1 is 1.69 bits per heavy atom. The fraction of sp³-hybridized carbons (Fsp3) is 0.800. The zero-order valence-corrected chi connectivity index (χ0v) is 8.12. The molecule has 1 aliphatic rings. The van der Waals surface area contributed by atoms with E-state index in [0.29, 0.717) is 13.0 Å². The Balaban J connectivity index is 2.22. The molecule has 1 heterocycles. The summed E-state index contributed by atoms with van der Waals surface area (Å²) in [6.45, 7) is 4.35. The van der Waals surface area contributed by atoms with Crippen molar-refractivity contribution in [1.29, 1.82) is 0 Å². The van der Waals surface area contributed by atoms with E-state index < -0.39 is 11.9 Å². The van der Waals surface area contributed by atoms with Gasteiger partial charge in [0, 0.05) is 0 Å². The molecule has 0 spiro atoms. The molecule has 0 saturated carbocycles.